The molecule has 186 valence electrons. The molecule has 0 aliphatic rings. The number of rotatable bonds is 8. The SMILES string of the molecule is O=C(Nc1ccc(S(=O)(=O)Nc2ccc(F)cc2)cc1)/C(=C\c1cccc([N+](=O)[O-])c1)c1ccccc1. The normalized spacial score (nSPS) is 11.5. The number of amides is 1. The number of nitro groups is 1. The molecule has 4 aromatic carbocycles. The molecular formula is C27H20FN3O5S. The number of nitrogens with one attached hydrogen (secondary N) is 2. The number of hydrogen-bond acceptors (Lipinski definition) is 5. The van der Waals surface area contributed by atoms with E-state index < -0.39 is 26.7 Å². The van der Waals surface area contributed by atoms with Crippen LogP contribution in [0.2, 0.25) is 0 Å². The van der Waals surface area contributed by atoms with Gasteiger partial charge in [0.05, 0.1) is 9.82 Å². The van der Waals surface area contributed by atoms with Crippen molar-refractivity contribution in [3.8, 4) is 0 Å². The van der Waals surface area contributed by atoms with E-state index in [0.29, 0.717) is 16.8 Å². The van der Waals surface area contributed by atoms with Gasteiger partial charge in [0.2, 0.25) is 0 Å². The molecule has 37 heavy (non-hydrogen) atoms. The van der Waals surface area contributed by atoms with Crippen LogP contribution >= 0.6 is 0 Å². The average Bonchev–Trinajstić information content (AvgIpc) is 2.89. The van der Waals surface area contributed by atoms with E-state index >= 15 is 0 Å². The molecule has 0 fully saturated rings. The van der Waals surface area contributed by atoms with E-state index in [1.807, 2.05) is 0 Å². The monoisotopic (exact) mass is 517 g/mol. The van der Waals surface area contributed by atoms with Gasteiger partial charge in [-0.05, 0) is 65.7 Å². The van der Waals surface area contributed by atoms with Gasteiger partial charge in [0.1, 0.15) is 5.82 Å². The van der Waals surface area contributed by atoms with E-state index in [9.17, 15) is 27.7 Å². The zero-order chi connectivity index (χ0) is 26.4. The van der Waals surface area contributed by atoms with Gasteiger partial charge >= 0.3 is 0 Å². The lowest BCUT2D eigenvalue weighted by Gasteiger charge is -2.11. The van der Waals surface area contributed by atoms with Gasteiger partial charge in [-0.15, -0.1) is 0 Å². The first-order valence-corrected chi connectivity index (χ1v) is 12.4. The molecule has 0 radical (unpaired) electrons. The number of nitro benzene ring substituents is 1. The van der Waals surface area contributed by atoms with Gasteiger partial charge in [-0.3, -0.25) is 19.6 Å². The number of anilines is 2. The fourth-order valence-corrected chi connectivity index (χ4v) is 4.50. The molecule has 2 N–H and O–H groups in total. The zero-order valence-corrected chi connectivity index (χ0v) is 20.0. The number of hydrogen-bond donors (Lipinski definition) is 2. The minimum absolute atomic E-state index is 0.0507. The van der Waals surface area contributed by atoms with Gasteiger partial charge in [-0.25, -0.2) is 12.8 Å². The second-order valence-electron chi connectivity index (χ2n) is 7.87. The number of carbonyl (C=O) groups excluding carboxylic acids is 1. The van der Waals surface area contributed by atoms with Crippen molar-refractivity contribution in [2.75, 3.05) is 10.0 Å². The maximum Gasteiger partial charge on any atom is 0.270 e. The molecule has 0 unspecified atom stereocenters. The lowest BCUT2D eigenvalue weighted by molar-refractivity contribution is -0.384. The molecule has 8 nitrogen and oxygen atoms in total. The van der Waals surface area contributed by atoms with Crippen LogP contribution in [-0.4, -0.2) is 19.2 Å². The van der Waals surface area contributed by atoms with E-state index in [0.717, 1.165) is 12.1 Å². The molecule has 0 bridgehead atoms. The maximum absolute atomic E-state index is 13.2. The summed E-state index contributed by atoms with van der Waals surface area (Å²) in [4.78, 5) is 23.8. The second-order valence-corrected chi connectivity index (χ2v) is 9.55. The number of halogens is 1. The smallest absolute Gasteiger partial charge is 0.270 e. The molecular weight excluding hydrogens is 497 g/mol. The number of nitrogens with zero attached hydrogens (tertiary/aromatic N) is 1. The predicted molar refractivity (Wildman–Crippen MR) is 140 cm³/mol. The van der Waals surface area contributed by atoms with Crippen LogP contribution in [0.15, 0.2) is 108 Å². The minimum Gasteiger partial charge on any atom is -0.322 e. The highest BCUT2D eigenvalue weighted by Gasteiger charge is 2.17. The molecule has 1 amide bonds. The number of carbonyl (C=O) groups is 1. The maximum atomic E-state index is 13.2. The first-order chi connectivity index (χ1) is 17.7. The Kier molecular flexibility index (Phi) is 7.40. The van der Waals surface area contributed by atoms with Crippen LogP contribution in [0.1, 0.15) is 11.1 Å². The van der Waals surface area contributed by atoms with Crippen LogP contribution in [0.5, 0.6) is 0 Å². The van der Waals surface area contributed by atoms with Gasteiger partial charge in [0, 0.05) is 29.1 Å². The Morgan fingerprint density at radius 2 is 1.49 bits per heavy atom. The van der Waals surface area contributed by atoms with E-state index in [2.05, 4.69) is 10.0 Å². The van der Waals surface area contributed by atoms with Crippen molar-refractivity contribution in [1.29, 1.82) is 0 Å². The molecule has 0 aliphatic carbocycles. The van der Waals surface area contributed by atoms with Crippen molar-refractivity contribution in [1.82, 2.24) is 0 Å². The summed E-state index contributed by atoms with van der Waals surface area (Å²) < 4.78 is 40.7. The highest BCUT2D eigenvalue weighted by molar-refractivity contribution is 7.92. The summed E-state index contributed by atoms with van der Waals surface area (Å²) in [7, 11) is -3.93. The Hall–Kier alpha value is -4.83. The Bertz CT molecular complexity index is 1570. The second kappa shape index (κ2) is 10.8. The molecule has 0 aliphatic heterocycles. The van der Waals surface area contributed by atoms with Crippen LogP contribution in [0.4, 0.5) is 21.5 Å². The third kappa shape index (κ3) is 6.44. The van der Waals surface area contributed by atoms with Crippen LogP contribution < -0.4 is 10.0 Å². The van der Waals surface area contributed by atoms with Crippen molar-refractivity contribution in [3.63, 3.8) is 0 Å². The highest BCUT2D eigenvalue weighted by atomic mass is 32.2. The molecule has 4 rings (SSSR count). The molecule has 0 saturated heterocycles. The number of non-ortho nitro benzene ring substituents is 1. The summed E-state index contributed by atoms with van der Waals surface area (Å²) >= 11 is 0. The standard InChI is InChI=1S/C27H20FN3O5S/c28-21-9-11-23(12-10-21)30-37(35,36)25-15-13-22(14-16-25)29-27(32)26(20-6-2-1-3-7-20)18-19-5-4-8-24(17-19)31(33)34/h1-18,30H,(H,29,32)/b26-18-. The fraction of sp³-hybridized carbons (Fsp3) is 0. The number of sulfonamides is 1. The topological polar surface area (TPSA) is 118 Å². The van der Waals surface area contributed by atoms with E-state index in [-0.39, 0.29) is 21.8 Å². The summed E-state index contributed by atoms with van der Waals surface area (Å²) in [6.45, 7) is 0. The summed E-state index contributed by atoms with van der Waals surface area (Å²) in [5.74, 6) is -0.977. The predicted octanol–water partition coefficient (Wildman–Crippen LogP) is 5.71. The van der Waals surface area contributed by atoms with Gasteiger partial charge in [0.15, 0.2) is 0 Å². The average molecular weight is 518 g/mol. The lowest BCUT2D eigenvalue weighted by atomic mass is 10.0. The third-order valence-electron chi connectivity index (χ3n) is 5.24. The Morgan fingerprint density at radius 1 is 0.838 bits per heavy atom. The van der Waals surface area contributed by atoms with Crippen LogP contribution in [0, 0.1) is 15.9 Å². The van der Waals surface area contributed by atoms with Gasteiger partial charge in [0.25, 0.3) is 21.6 Å². The van der Waals surface area contributed by atoms with Crippen LogP contribution in [-0.2, 0) is 14.8 Å². The van der Waals surface area contributed by atoms with Crippen molar-refractivity contribution in [2.24, 2.45) is 0 Å². The Balaban J connectivity index is 1.57. The Morgan fingerprint density at radius 3 is 2.14 bits per heavy atom. The third-order valence-corrected chi connectivity index (χ3v) is 6.64. The molecule has 0 atom stereocenters. The van der Waals surface area contributed by atoms with Crippen molar-refractivity contribution in [2.45, 2.75) is 4.90 Å². The highest BCUT2D eigenvalue weighted by Crippen LogP contribution is 2.24. The zero-order valence-electron chi connectivity index (χ0n) is 19.2. The lowest BCUT2D eigenvalue weighted by Crippen LogP contribution is -2.15. The first kappa shape index (κ1) is 25.3. The summed E-state index contributed by atoms with van der Waals surface area (Å²) in [6, 6.07) is 25.1. The van der Waals surface area contributed by atoms with Gasteiger partial charge in [-0.2, -0.15) is 0 Å². The van der Waals surface area contributed by atoms with Crippen molar-refractivity contribution in [3.05, 3.63) is 130 Å². The molecule has 0 saturated carbocycles. The van der Waals surface area contributed by atoms with Crippen molar-refractivity contribution < 1.29 is 22.5 Å². The molecule has 0 spiro atoms. The molecule has 0 aromatic heterocycles. The molecule has 0 heterocycles. The summed E-state index contributed by atoms with van der Waals surface area (Å²) in [5, 5.41) is 13.9. The molecule has 4 aromatic rings. The first-order valence-electron chi connectivity index (χ1n) is 10.9. The van der Waals surface area contributed by atoms with Gasteiger partial charge < -0.3 is 5.32 Å². The van der Waals surface area contributed by atoms with Crippen molar-refractivity contribution >= 4 is 44.6 Å². The van der Waals surface area contributed by atoms with Gasteiger partial charge in [-0.1, -0.05) is 42.5 Å². The largest absolute Gasteiger partial charge is 0.322 e. The Labute approximate surface area is 212 Å². The van der Waals surface area contributed by atoms with E-state index in [4.69, 9.17) is 0 Å². The fourth-order valence-electron chi connectivity index (χ4n) is 3.44. The number of benzene rings is 4. The van der Waals surface area contributed by atoms with Crippen LogP contribution in [0.25, 0.3) is 11.6 Å². The van der Waals surface area contributed by atoms with E-state index in [1.165, 1.54) is 54.6 Å². The van der Waals surface area contributed by atoms with E-state index in [1.54, 1.807) is 42.5 Å². The quantitative estimate of drug-likeness (QED) is 0.134. The molecule has 10 heteroatoms. The summed E-state index contributed by atoms with van der Waals surface area (Å²) in [5.41, 5.74) is 1.76. The van der Waals surface area contributed by atoms with Crippen LogP contribution in [0.3, 0.4) is 0 Å². The minimum atomic E-state index is -3.93. The summed E-state index contributed by atoms with van der Waals surface area (Å²) in [6.07, 6.45) is 1.54.